The summed E-state index contributed by atoms with van der Waals surface area (Å²) in [5, 5.41) is 5.36. The molecule has 0 N–H and O–H groups in total. The SMILES string of the molecule is COc1ccc(-c2ccc(=O)n(Cc3ccc(Cl)c(Cl)c3)n2)cc1. The van der Waals surface area contributed by atoms with Crippen molar-refractivity contribution in [3.63, 3.8) is 0 Å². The standard InChI is InChI=1S/C18H14Cl2N2O2/c1-24-14-5-3-13(4-6-14)17-8-9-18(23)22(21-17)11-12-2-7-15(19)16(20)10-12/h2-10H,11H2,1H3. The van der Waals surface area contributed by atoms with Crippen LogP contribution in [0.25, 0.3) is 11.3 Å². The van der Waals surface area contributed by atoms with Gasteiger partial charge in [-0.05, 0) is 48.0 Å². The fraction of sp³-hybridized carbons (Fsp3) is 0.111. The number of methoxy groups -OCH3 is 1. The van der Waals surface area contributed by atoms with Crippen LogP contribution in [-0.4, -0.2) is 16.9 Å². The van der Waals surface area contributed by atoms with E-state index in [2.05, 4.69) is 5.10 Å². The van der Waals surface area contributed by atoms with Crippen molar-refractivity contribution in [2.75, 3.05) is 7.11 Å². The number of halogens is 2. The van der Waals surface area contributed by atoms with Crippen molar-refractivity contribution in [2.24, 2.45) is 0 Å². The average Bonchev–Trinajstić information content (AvgIpc) is 2.60. The van der Waals surface area contributed by atoms with E-state index in [4.69, 9.17) is 27.9 Å². The lowest BCUT2D eigenvalue weighted by atomic mass is 10.1. The second-order valence-corrected chi connectivity index (χ2v) is 6.01. The van der Waals surface area contributed by atoms with Crippen LogP contribution < -0.4 is 10.3 Å². The smallest absolute Gasteiger partial charge is 0.267 e. The van der Waals surface area contributed by atoms with E-state index in [1.54, 1.807) is 25.3 Å². The van der Waals surface area contributed by atoms with Crippen molar-refractivity contribution in [1.29, 1.82) is 0 Å². The first-order valence-corrected chi connectivity index (χ1v) is 7.99. The quantitative estimate of drug-likeness (QED) is 0.697. The summed E-state index contributed by atoms with van der Waals surface area (Å²) in [7, 11) is 1.62. The van der Waals surface area contributed by atoms with Gasteiger partial charge in [-0.25, -0.2) is 4.68 Å². The molecule has 3 aromatic rings. The number of nitrogens with zero attached hydrogens (tertiary/aromatic N) is 2. The van der Waals surface area contributed by atoms with Gasteiger partial charge in [0.15, 0.2) is 0 Å². The molecule has 1 aromatic heterocycles. The van der Waals surface area contributed by atoms with Gasteiger partial charge in [0.2, 0.25) is 0 Å². The number of ether oxygens (including phenoxy) is 1. The van der Waals surface area contributed by atoms with Gasteiger partial charge in [0.1, 0.15) is 5.75 Å². The third kappa shape index (κ3) is 3.61. The van der Waals surface area contributed by atoms with Gasteiger partial charge >= 0.3 is 0 Å². The van der Waals surface area contributed by atoms with E-state index in [0.717, 1.165) is 16.9 Å². The van der Waals surface area contributed by atoms with E-state index in [9.17, 15) is 4.79 Å². The number of hydrogen-bond donors (Lipinski definition) is 0. The summed E-state index contributed by atoms with van der Waals surface area (Å²) in [4.78, 5) is 12.1. The van der Waals surface area contributed by atoms with Gasteiger partial charge in [-0.1, -0.05) is 29.3 Å². The Balaban J connectivity index is 1.93. The van der Waals surface area contributed by atoms with Crippen LogP contribution in [0.15, 0.2) is 59.4 Å². The molecule has 0 saturated carbocycles. The summed E-state index contributed by atoms with van der Waals surface area (Å²) in [6.45, 7) is 0.319. The highest BCUT2D eigenvalue weighted by Gasteiger charge is 2.06. The van der Waals surface area contributed by atoms with Crippen molar-refractivity contribution < 1.29 is 4.74 Å². The molecule has 0 atom stereocenters. The fourth-order valence-electron chi connectivity index (χ4n) is 2.29. The molecule has 2 aromatic carbocycles. The number of aromatic nitrogens is 2. The molecule has 1 heterocycles. The maximum absolute atomic E-state index is 12.1. The third-order valence-corrected chi connectivity index (χ3v) is 4.31. The minimum Gasteiger partial charge on any atom is -0.497 e. The zero-order valence-electron chi connectivity index (χ0n) is 12.9. The van der Waals surface area contributed by atoms with E-state index < -0.39 is 0 Å². The first-order chi connectivity index (χ1) is 11.6. The van der Waals surface area contributed by atoms with Crippen LogP contribution in [0.2, 0.25) is 10.0 Å². The summed E-state index contributed by atoms with van der Waals surface area (Å²) in [5.74, 6) is 0.767. The molecule has 0 aliphatic heterocycles. The van der Waals surface area contributed by atoms with Crippen LogP contribution in [0.1, 0.15) is 5.56 Å². The topological polar surface area (TPSA) is 44.1 Å². The predicted octanol–water partition coefficient (Wildman–Crippen LogP) is 4.27. The third-order valence-electron chi connectivity index (χ3n) is 3.57. The van der Waals surface area contributed by atoms with Crippen LogP contribution in [0.5, 0.6) is 5.75 Å². The zero-order valence-corrected chi connectivity index (χ0v) is 14.4. The van der Waals surface area contributed by atoms with Crippen molar-refractivity contribution in [1.82, 2.24) is 9.78 Å². The second kappa shape index (κ2) is 7.07. The van der Waals surface area contributed by atoms with E-state index in [-0.39, 0.29) is 5.56 Å². The van der Waals surface area contributed by atoms with Gasteiger partial charge in [0.05, 0.1) is 29.4 Å². The van der Waals surface area contributed by atoms with Crippen LogP contribution >= 0.6 is 23.2 Å². The van der Waals surface area contributed by atoms with Gasteiger partial charge in [-0.3, -0.25) is 4.79 Å². The summed E-state index contributed by atoms with van der Waals surface area (Å²) in [5.41, 5.74) is 2.28. The Bertz CT molecular complexity index is 921. The van der Waals surface area contributed by atoms with E-state index in [1.807, 2.05) is 30.3 Å². The molecule has 24 heavy (non-hydrogen) atoms. The summed E-state index contributed by atoms with van der Waals surface area (Å²) in [6, 6.07) is 16.0. The lowest BCUT2D eigenvalue weighted by Crippen LogP contribution is -2.22. The Morgan fingerprint density at radius 1 is 1.00 bits per heavy atom. The summed E-state index contributed by atoms with van der Waals surface area (Å²) in [6.07, 6.45) is 0. The van der Waals surface area contributed by atoms with Crippen LogP contribution in [0.4, 0.5) is 0 Å². The van der Waals surface area contributed by atoms with E-state index >= 15 is 0 Å². The van der Waals surface area contributed by atoms with E-state index in [1.165, 1.54) is 10.7 Å². The van der Waals surface area contributed by atoms with Gasteiger partial charge in [-0.2, -0.15) is 5.10 Å². The summed E-state index contributed by atoms with van der Waals surface area (Å²) < 4.78 is 6.55. The number of rotatable bonds is 4. The maximum atomic E-state index is 12.1. The van der Waals surface area contributed by atoms with Crippen molar-refractivity contribution in [2.45, 2.75) is 6.54 Å². The highest BCUT2D eigenvalue weighted by molar-refractivity contribution is 6.42. The van der Waals surface area contributed by atoms with Crippen LogP contribution in [-0.2, 0) is 6.54 Å². The molecular weight excluding hydrogens is 347 g/mol. The molecule has 0 saturated heterocycles. The molecule has 122 valence electrons. The molecule has 0 unspecified atom stereocenters. The molecule has 0 fully saturated rings. The summed E-state index contributed by atoms with van der Waals surface area (Å²) >= 11 is 11.9. The molecular formula is C18H14Cl2N2O2. The second-order valence-electron chi connectivity index (χ2n) is 5.19. The van der Waals surface area contributed by atoms with Crippen molar-refractivity contribution >= 4 is 23.2 Å². The molecule has 3 rings (SSSR count). The molecule has 0 bridgehead atoms. The molecule has 0 amide bonds. The Hall–Kier alpha value is -2.30. The fourth-order valence-corrected chi connectivity index (χ4v) is 2.61. The first kappa shape index (κ1) is 16.6. The molecule has 0 radical (unpaired) electrons. The van der Waals surface area contributed by atoms with Gasteiger partial charge in [0.25, 0.3) is 5.56 Å². The zero-order chi connectivity index (χ0) is 17.1. The molecule has 0 aliphatic rings. The normalized spacial score (nSPS) is 10.6. The van der Waals surface area contributed by atoms with Crippen molar-refractivity contribution in [3.05, 3.63) is 80.6 Å². The Kier molecular flexibility index (Phi) is 4.88. The molecule has 4 nitrogen and oxygen atoms in total. The average molecular weight is 361 g/mol. The molecule has 6 heteroatoms. The number of hydrogen-bond acceptors (Lipinski definition) is 3. The van der Waals surface area contributed by atoms with Gasteiger partial charge in [0, 0.05) is 11.6 Å². The Labute approximate surface area is 149 Å². The maximum Gasteiger partial charge on any atom is 0.267 e. The lowest BCUT2D eigenvalue weighted by molar-refractivity contribution is 0.415. The lowest BCUT2D eigenvalue weighted by Gasteiger charge is -2.08. The Morgan fingerprint density at radius 2 is 1.75 bits per heavy atom. The highest BCUT2D eigenvalue weighted by atomic mass is 35.5. The minimum absolute atomic E-state index is 0.182. The Morgan fingerprint density at radius 3 is 2.42 bits per heavy atom. The van der Waals surface area contributed by atoms with Gasteiger partial charge in [-0.15, -0.1) is 0 Å². The first-order valence-electron chi connectivity index (χ1n) is 7.23. The largest absolute Gasteiger partial charge is 0.497 e. The minimum atomic E-state index is -0.182. The van der Waals surface area contributed by atoms with Gasteiger partial charge < -0.3 is 4.74 Å². The monoisotopic (exact) mass is 360 g/mol. The van der Waals surface area contributed by atoms with Crippen molar-refractivity contribution in [3.8, 4) is 17.0 Å². The van der Waals surface area contributed by atoms with Crippen LogP contribution in [0.3, 0.4) is 0 Å². The van der Waals surface area contributed by atoms with E-state index in [0.29, 0.717) is 22.3 Å². The highest BCUT2D eigenvalue weighted by Crippen LogP contribution is 2.23. The molecule has 0 spiro atoms. The number of benzene rings is 2. The predicted molar refractivity (Wildman–Crippen MR) is 96.0 cm³/mol. The molecule has 0 aliphatic carbocycles. The van der Waals surface area contributed by atoms with Crippen LogP contribution in [0, 0.1) is 0 Å².